The lowest BCUT2D eigenvalue weighted by Gasteiger charge is -2.21. The van der Waals surface area contributed by atoms with Crippen molar-refractivity contribution in [2.75, 3.05) is 17.3 Å². The first-order valence-corrected chi connectivity index (χ1v) is 13.8. The summed E-state index contributed by atoms with van der Waals surface area (Å²) in [7, 11) is -3.67. The van der Waals surface area contributed by atoms with Crippen molar-refractivity contribution < 1.29 is 22.7 Å². The van der Waals surface area contributed by atoms with Crippen LogP contribution in [0.2, 0.25) is 0 Å². The van der Waals surface area contributed by atoms with Gasteiger partial charge in [0.1, 0.15) is 11.9 Å². The van der Waals surface area contributed by atoms with Crippen molar-refractivity contribution in [2.24, 2.45) is 4.99 Å². The van der Waals surface area contributed by atoms with Crippen LogP contribution in [0.15, 0.2) is 52.4 Å². The number of rotatable bonds is 6. The molecule has 2 N–H and O–H groups in total. The highest BCUT2D eigenvalue weighted by Gasteiger charge is 2.44. The van der Waals surface area contributed by atoms with Gasteiger partial charge < -0.3 is 14.8 Å². The van der Waals surface area contributed by atoms with Gasteiger partial charge in [0, 0.05) is 30.2 Å². The Morgan fingerprint density at radius 3 is 2.73 bits per heavy atom. The molecule has 174 valence electrons. The van der Waals surface area contributed by atoms with Crippen LogP contribution in [0.25, 0.3) is 0 Å². The van der Waals surface area contributed by atoms with Crippen LogP contribution in [-0.2, 0) is 14.8 Å². The Kier molecular flexibility index (Phi) is 5.74. The minimum Gasteiger partial charge on any atom is -0.448 e. The molecule has 1 fully saturated rings. The summed E-state index contributed by atoms with van der Waals surface area (Å²) in [5.74, 6) is 1.33. The fourth-order valence-electron chi connectivity index (χ4n) is 4.38. The number of nitrogens with one attached hydrogen (secondary N) is 2. The van der Waals surface area contributed by atoms with E-state index in [1.54, 1.807) is 42.1 Å². The maximum Gasteiger partial charge on any atom is 0.263 e. The quantitative estimate of drug-likeness (QED) is 0.646. The molecule has 10 heteroatoms. The second-order valence-corrected chi connectivity index (χ2v) is 11.0. The third-order valence-corrected chi connectivity index (χ3v) is 8.06. The SMILES string of the molecule is CSCC[C@@H](N=C1NS(=O)(=O)c2ccccc21)C(=O)Nc1ccc2c(c1)OC1(CCCC1)O2. The molecule has 2 aromatic carbocycles. The minimum absolute atomic E-state index is 0.171. The zero-order chi connectivity index (χ0) is 23.1. The van der Waals surface area contributed by atoms with Gasteiger partial charge in [-0.25, -0.2) is 8.42 Å². The molecule has 0 radical (unpaired) electrons. The number of ether oxygens (including phenoxy) is 2. The molecule has 8 nitrogen and oxygen atoms in total. The molecule has 1 spiro atoms. The summed E-state index contributed by atoms with van der Waals surface area (Å²) in [5.41, 5.74) is 1.06. The Balaban J connectivity index is 1.37. The van der Waals surface area contributed by atoms with E-state index in [-0.39, 0.29) is 16.6 Å². The van der Waals surface area contributed by atoms with E-state index in [0.717, 1.165) is 25.7 Å². The van der Waals surface area contributed by atoms with E-state index in [1.165, 1.54) is 6.07 Å². The van der Waals surface area contributed by atoms with Crippen molar-refractivity contribution in [2.45, 2.75) is 48.8 Å². The van der Waals surface area contributed by atoms with Crippen molar-refractivity contribution in [3.05, 3.63) is 48.0 Å². The zero-order valence-corrected chi connectivity index (χ0v) is 19.8. The van der Waals surface area contributed by atoms with E-state index in [1.807, 2.05) is 12.3 Å². The van der Waals surface area contributed by atoms with Gasteiger partial charge in [0.05, 0.1) is 4.90 Å². The zero-order valence-electron chi connectivity index (χ0n) is 18.2. The first-order valence-electron chi connectivity index (χ1n) is 10.9. The summed E-state index contributed by atoms with van der Waals surface area (Å²) in [6.45, 7) is 0. The number of hydrogen-bond acceptors (Lipinski definition) is 7. The summed E-state index contributed by atoms with van der Waals surface area (Å²) in [4.78, 5) is 17.8. The van der Waals surface area contributed by atoms with Crippen molar-refractivity contribution in [1.82, 2.24) is 4.72 Å². The molecule has 1 amide bonds. The minimum atomic E-state index is -3.67. The molecule has 0 bridgehead atoms. The van der Waals surface area contributed by atoms with Gasteiger partial charge in [-0.1, -0.05) is 12.1 Å². The molecule has 2 aliphatic heterocycles. The van der Waals surface area contributed by atoms with Gasteiger partial charge in [-0.05, 0) is 55.5 Å². The third-order valence-electron chi connectivity index (χ3n) is 6.01. The molecule has 1 atom stereocenters. The van der Waals surface area contributed by atoms with Gasteiger partial charge in [-0.15, -0.1) is 0 Å². The first-order chi connectivity index (χ1) is 15.9. The highest BCUT2D eigenvalue weighted by molar-refractivity contribution is 7.98. The predicted octanol–water partition coefficient (Wildman–Crippen LogP) is 3.53. The number of anilines is 1. The molecular weight excluding hydrogens is 462 g/mol. The number of amides is 1. The number of hydrogen-bond donors (Lipinski definition) is 2. The number of aliphatic imine (C=N–C) groups is 1. The Bertz CT molecular complexity index is 1220. The average Bonchev–Trinajstić information content (AvgIpc) is 3.47. The number of amidine groups is 1. The second-order valence-electron chi connectivity index (χ2n) is 8.35. The topological polar surface area (TPSA) is 106 Å². The molecule has 5 rings (SSSR count). The number of sulfonamides is 1. The molecule has 2 heterocycles. The largest absolute Gasteiger partial charge is 0.448 e. The maximum absolute atomic E-state index is 13.2. The van der Waals surface area contributed by atoms with Gasteiger partial charge in [0.2, 0.25) is 5.91 Å². The summed E-state index contributed by atoms with van der Waals surface area (Å²) in [6.07, 6.45) is 6.27. The van der Waals surface area contributed by atoms with Crippen LogP contribution >= 0.6 is 11.8 Å². The molecule has 1 aliphatic carbocycles. The predicted molar refractivity (Wildman–Crippen MR) is 128 cm³/mol. The fraction of sp³-hybridized carbons (Fsp3) is 0.391. The molecule has 2 aromatic rings. The van der Waals surface area contributed by atoms with Gasteiger partial charge in [0.15, 0.2) is 11.5 Å². The number of thioether (sulfide) groups is 1. The van der Waals surface area contributed by atoms with Crippen LogP contribution in [0, 0.1) is 0 Å². The van der Waals surface area contributed by atoms with Crippen LogP contribution < -0.4 is 19.5 Å². The van der Waals surface area contributed by atoms with Crippen LogP contribution in [0.1, 0.15) is 37.7 Å². The molecule has 0 unspecified atom stereocenters. The Morgan fingerprint density at radius 1 is 1.18 bits per heavy atom. The lowest BCUT2D eigenvalue weighted by atomic mass is 10.1. The van der Waals surface area contributed by atoms with Crippen LogP contribution in [0.3, 0.4) is 0 Å². The van der Waals surface area contributed by atoms with E-state index in [2.05, 4.69) is 15.0 Å². The number of nitrogens with zero attached hydrogens (tertiary/aromatic N) is 1. The second kappa shape index (κ2) is 8.57. The van der Waals surface area contributed by atoms with Crippen LogP contribution in [-0.4, -0.2) is 44.0 Å². The van der Waals surface area contributed by atoms with Crippen molar-refractivity contribution >= 4 is 39.2 Å². The lowest BCUT2D eigenvalue weighted by molar-refractivity contribution is -0.117. The van der Waals surface area contributed by atoms with E-state index >= 15 is 0 Å². The highest BCUT2D eigenvalue weighted by Crippen LogP contribution is 2.47. The molecular formula is C23H25N3O5S2. The average molecular weight is 488 g/mol. The smallest absolute Gasteiger partial charge is 0.263 e. The van der Waals surface area contributed by atoms with Crippen molar-refractivity contribution in [1.29, 1.82) is 0 Å². The summed E-state index contributed by atoms with van der Waals surface area (Å²) < 4.78 is 39.4. The number of carbonyl (C=O) groups is 1. The Labute approximate surface area is 197 Å². The monoisotopic (exact) mass is 487 g/mol. The van der Waals surface area contributed by atoms with E-state index in [0.29, 0.717) is 34.9 Å². The standard InChI is InChI=1S/C23H25N3O5S2/c1-32-13-10-17(25-21-16-6-2-3-7-20(16)33(28,29)26-21)22(27)24-15-8-9-18-19(14-15)31-23(30-18)11-4-5-12-23/h2-3,6-9,14,17H,4-5,10-13H2,1H3,(H,24,27)(H,25,26)/t17-/m1/s1. The number of fused-ring (bicyclic) bond motifs is 2. The van der Waals surface area contributed by atoms with E-state index in [4.69, 9.17) is 9.47 Å². The Hall–Kier alpha value is -2.72. The van der Waals surface area contributed by atoms with Gasteiger partial charge in [0.25, 0.3) is 15.8 Å². The van der Waals surface area contributed by atoms with Crippen molar-refractivity contribution in [3.8, 4) is 11.5 Å². The molecule has 33 heavy (non-hydrogen) atoms. The maximum atomic E-state index is 13.2. The van der Waals surface area contributed by atoms with Gasteiger partial charge in [-0.3, -0.25) is 14.5 Å². The summed E-state index contributed by atoms with van der Waals surface area (Å²) in [6, 6.07) is 11.2. The molecule has 1 saturated carbocycles. The molecule has 0 saturated heterocycles. The molecule has 0 aromatic heterocycles. The number of carbonyl (C=O) groups excluding carboxylic acids is 1. The third kappa shape index (κ3) is 4.29. The highest BCUT2D eigenvalue weighted by atomic mass is 32.2. The summed E-state index contributed by atoms with van der Waals surface area (Å²) >= 11 is 1.60. The van der Waals surface area contributed by atoms with Crippen LogP contribution in [0.5, 0.6) is 11.5 Å². The lowest BCUT2D eigenvalue weighted by Crippen LogP contribution is -2.34. The first kappa shape index (κ1) is 22.1. The number of benzene rings is 2. The van der Waals surface area contributed by atoms with Gasteiger partial charge >= 0.3 is 0 Å². The summed E-state index contributed by atoms with van der Waals surface area (Å²) in [5, 5.41) is 2.91. The van der Waals surface area contributed by atoms with Gasteiger partial charge in [-0.2, -0.15) is 11.8 Å². The van der Waals surface area contributed by atoms with Crippen molar-refractivity contribution in [3.63, 3.8) is 0 Å². The Morgan fingerprint density at radius 2 is 1.94 bits per heavy atom. The van der Waals surface area contributed by atoms with E-state index in [9.17, 15) is 13.2 Å². The fourth-order valence-corrected chi connectivity index (χ4v) is 6.08. The normalized spacial score (nSPS) is 21.1. The van der Waals surface area contributed by atoms with Crippen LogP contribution in [0.4, 0.5) is 5.69 Å². The molecule has 3 aliphatic rings. The van der Waals surface area contributed by atoms with E-state index < -0.39 is 21.9 Å².